The fourth-order valence-electron chi connectivity index (χ4n) is 1.15. The number of ether oxygens (including phenoxy) is 2. The molecule has 0 aliphatic heterocycles. The average molecular weight is 317 g/mol. The maximum Gasteiger partial charge on any atom is 0.366 e. The molecule has 0 amide bonds. The summed E-state index contributed by atoms with van der Waals surface area (Å²) >= 11 is 3.32. The molecule has 7 nitrogen and oxygen atoms in total. The van der Waals surface area contributed by atoms with Gasteiger partial charge in [0.05, 0.1) is 20.4 Å². The molecule has 0 bridgehead atoms. The van der Waals surface area contributed by atoms with Gasteiger partial charge in [0.1, 0.15) is 0 Å². The van der Waals surface area contributed by atoms with Crippen molar-refractivity contribution in [3.05, 3.63) is 27.4 Å². The van der Waals surface area contributed by atoms with E-state index in [4.69, 9.17) is 20.9 Å². The smallest absolute Gasteiger partial charge is 0.366 e. The highest BCUT2D eigenvalue weighted by molar-refractivity contribution is 9.10. The molecule has 0 saturated heterocycles. The van der Waals surface area contributed by atoms with Crippen LogP contribution in [0.3, 0.4) is 0 Å². The molecule has 0 saturated carbocycles. The quantitative estimate of drug-likeness (QED) is 0.278. The van der Waals surface area contributed by atoms with E-state index in [0.717, 1.165) is 0 Å². The van der Waals surface area contributed by atoms with Crippen LogP contribution in [0.15, 0.2) is 21.7 Å². The number of nitrogens with zero attached hydrogens (tertiary/aromatic N) is 2. The van der Waals surface area contributed by atoms with Crippen molar-refractivity contribution >= 4 is 28.1 Å². The molecule has 8 heteroatoms. The Balaban J connectivity index is 3.15. The first kappa shape index (κ1) is 14.1. The van der Waals surface area contributed by atoms with E-state index in [-0.39, 0.29) is 4.85 Å². The van der Waals surface area contributed by atoms with Gasteiger partial charge in [-0.1, -0.05) is 0 Å². The number of nitrogens with two attached hydrogens (primary N) is 2. The molecule has 0 fully saturated rings. The lowest BCUT2D eigenvalue weighted by atomic mass is 10.2. The minimum Gasteiger partial charge on any atom is -0.722 e. The predicted molar refractivity (Wildman–Crippen MR) is 71.8 cm³/mol. The monoisotopic (exact) mass is 316 g/mol. The topological polar surface area (TPSA) is 109 Å². The number of methoxy groups -OCH3 is 2. The van der Waals surface area contributed by atoms with Gasteiger partial charge in [-0.05, 0) is 28.1 Å². The Labute approximate surface area is 112 Å². The summed E-state index contributed by atoms with van der Waals surface area (Å²) in [5.74, 6) is 0.637. The van der Waals surface area contributed by atoms with Gasteiger partial charge in [0.2, 0.25) is 0 Å². The van der Waals surface area contributed by atoms with Crippen LogP contribution in [-0.2, 0) is 0 Å². The summed E-state index contributed by atoms with van der Waals surface area (Å²) in [4.78, 5) is 0.114. The highest BCUT2D eigenvalue weighted by Gasteiger charge is 2.08. The number of hydrogen-bond acceptors (Lipinski definition) is 4. The molecule has 4 N–H and O–H groups in total. The van der Waals surface area contributed by atoms with Gasteiger partial charge < -0.3 is 14.7 Å². The molecule has 0 aromatic heterocycles. The van der Waals surface area contributed by atoms with Crippen molar-refractivity contribution in [1.29, 1.82) is 0 Å². The van der Waals surface area contributed by atoms with Gasteiger partial charge in [0.25, 0.3) is 0 Å². The van der Waals surface area contributed by atoms with Crippen molar-refractivity contribution in [2.45, 2.75) is 0 Å². The van der Waals surface area contributed by atoms with Gasteiger partial charge in [-0.25, -0.2) is 0 Å². The van der Waals surface area contributed by atoms with E-state index in [1.165, 1.54) is 20.4 Å². The van der Waals surface area contributed by atoms with Crippen LogP contribution in [0.2, 0.25) is 0 Å². The molecule has 0 unspecified atom stereocenters. The van der Waals surface area contributed by atoms with Crippen LogP contribution in [0.1, 0.15) is 5.56 Å². The molecular weight excluding hydrogens is 304 g/mol. The third-order valence-electron chi connectivity index (χ3n) is 2.03. The third kappa shape index (κ3) is 3.27. The first-order valence-corrected chi connectivity index (χ1v) is 5.59. The largest absolute Gasteiger partial charge is 0.722 e. The minimum absolute atomic E-state index is 0.114. The van der Waals surface area contributed by atoms with E-state index in [2.05, 4.69) is 21.0 Å². The maximum atomic E-state index is 11.1. The average Bonchev–Trinajstić information content (AvgIpc) is 2.36. The van der Waals surface area contributed by atoms with Gasteiger partial charge in [-0.3, -0.25) is 11.5 Å². The molecule has 0 aliphatic carbocycles. The van der Waals surface area contributed by atoms with Crippen LogP contribution in [0.4, 0.5) is 0 Å². The normalized spacial score (nSPS) is 10.4. The van der Waals surface area contributed by atoms with Crippen LogP contribution < -0.4 is 20.9 Å². The standard InChI is InChI=1S/C10H13BrN4O3/c1-17-8-3-6(5-14-15(16)10(12)13)7(11)4-9(8)18-2/h3-5H,12-13H2,1-2H3/b14-5-. The molecular formula is C10H13BrN4O3. The Morgan fingerprint density at radius 1 is 1.33 bits per heavy atom. The van der Waals surface area contributed by atoms with E-state index in [0.29, 0.717) is 21.5 Å². The Kier molecular flexibility index (Phi) is 4.78. The van der Waals surface area contributed by atoms with Crippen molar-refractivity contribution < 1.29 is 14.3 Å². The number of halogens is 1. The molecule has 18 heavy (non-hydrogen) atoms. The second-order valence-corrected chi connectivity index (χ2v) is 4.03. The van der Waals surface area contributed by atoms with Crippen molar-refractivity contribution in [1.82, 2.24) is 0 Å². The Morgan fingerprint density at radius 3 is 2.39 bits per heavy atom. The summed E-state index contributed by atoms with van der Waals surface area (Å²) in [6.45, 7) is 0. The van der Waals surface area contributed by atoms with Crippen LogP contribution in [-0.4, -0.2) is 31.2 Å². The minimum atomic E-state index is -0.442. The summed E-state index contributed by atoms with van der Waals surface area (Å²) < 4.78 is 10.9. The lowest BCUT2D eigenvalue weighted by molar-refractivity contribution is -0.463. The van der Waals surface area contributed by atoms with E-state index >= 15 is 0 Å². The zero-order valence-electron chi connectivity index (χ0n) is 9.88. The number of guanidine groups is 1. The van der Waals surface area contributed by atoms with E-state index in [9.17, 15) is 5.21 Å². The van der Waals surface area contributed by atoms with Crippen LogP contribution >= 0.6 is 15.9 Å². The highest BCUT2D eigenvalue weighted by atomic mass is 79.9. The number of hydrazone groups is 1. The summed E-state index contributed by atoms with van der Waals surface area (Å²) in [7, 11) is 3.04. The number of benzene rings is 1. The first-order chi connectivity index (χ1) is 8.49. The summed E-state index contributed by atoms with van der Waals surface area (Å²) in [6, 6.07) is 3.36. The van der Waals surface area contributed by atoms with E-state index < -0.39 is 5.96 Å². The van der Waals surface area contributed by atoms with E-state index in [1.54, 1.807) is 12.1 Å². The van der Waals surface area contributed by atoms with Crippen molar-refractivity contribution in [3.63, 3.8) is 0 Å². The Morgan fingerprint density at radius 2 is 1.89 bits per heavy atom. The lowest BCUT2D eigenvalue weighted by Crippen LogP contribution is -2.30. The first-order valence-electron chi connectivity index (χ1n) is 4.80. The highest BCUT2D eigenvalue weighted by Crippen LogP contribution is 2.32. The van der Waals surface area contributed by atoms with Crippen LogP contribution in [0, 0.1) is 5.21 Å². The van der Waals surface area contributed by atoms with Crippen molar-refractivity contribution in [3.8, 4) is 11.5 Å². The summed E-state index contributed by atoms with van der Waals surface area (Å²) in [6.07, 6.45) is 1.30. The molecule has 0 radical (unpaired) electrons. The molecule has 1 aromatic carbocycles. The molecule has 1 rings (SSSR count). The predicted octanol–water partition coefficient (Wildman–Crippen LogP) is 0.584. The van der Waals surface area contributed by atoms with Crippen molar-refractivity contribution in [2.24, 2.45) is 16.6 Å². The fraction of sp³-hybridized carbons (Fsp3) is 0.200. The molecule has 0 aliphatic rings. The van der Waals surface area contributed by atoms with Crippen LogP contribution in [0.5, 0.6) is 11.5 Å². The van der Waals surface area contributed by atoms with Gasteiger partial charge in [-0.2, -0.15) is 0 Å². The Hall–Kier alpha value is -1.96. The molecule has 98 valence electrons. The number of rotatable bonds is 4. The van der Waals surface area contributed by atoms with E-state index in [1.807, 2.05) is 0 Å². The maximum absolute atomic E-state index is 11.1. The molecule has 0 atom stereocenters. The van der Waals surface area contributed by atoms with Gasteiger partial charge in [0.15, 0.2) is 11.5 Å². The van der Waals surface area contributed by atoms with Crippen LogP contribution in [0.25, 0.3) is 0 Å². The SMILES string of the molecule is COc1cc(Br)c(/C=N\[N+]([O-])=C(N)N)cc1OC. The second-order valence-electron chi connectivity index (χ2n) is 3.17. The zero-order valence-corrected chi connectivity index (χ0v) is 11.5. The van der Waals surface area contributed by atoms with Crippen molar-refractivity contribution in [2.75, 3.05) is 14.2 Å². The third-order valence-corrected chi connectivity index (χ3v) is 2.71. The fourth-order valence-corrected chi connectivity index (χ4v) is 1.57. The van der Waals surface area contributed by atoms with Gasteiger partial charge in [0, 0.05) is 10.0 Å². The lowest BCUT2D eigenvalue weighted by Gasteiger charge is -2.09. The van der Waals surface area contributed by atoms with Gasteiger partial charge in [-0.15, -0.1) is 9.95 Å². The molecule has 0 heterocycles. The Bertz CT molecular complexity index is 498. The number of hydrogen-bond donors (Lipinski definition) is 2. The van der Waals surface area contributed by atoms with Gasteiger partial charge >= 0.3 is 5.96 Å². The summed E-state index contributed by atoms with van der Waals surface area (Å²) in [5, 5.41) is 14.6. The summed E-state index contributed by atoms with van der Waals surface area (Å²) in [5.41, 5.74) is 10.8. The molecule has 1 aromatic rings. The molecule has 0 spiro atoms. The second kappa shape index (κ2) is 6.10. The zero-order chi connectivity index (χ0) is 13.7.